The highest BCUT2D eigenvalue weighted by atomic mass is 16.8. The smallest absolute Gasteiger partial charge is 0.274 e. The number of benzene rings is 1. The van der Waals surface area contributed by atoms with Crippen LogP contribution in [0, 0.1) is 0 Å². The first-order chi connectivity index (χ1) is 8.79. The lowest BCUT2D eigenvalue weighted by atomic mass is 10.2. The number of carbonyl (C=O) groups is 1. The summed E-state index contributed by atoms with van der Waals surface area (Å²) in [5.41, 5.74) is 2.92. The quantitative estimate of drug-likeness (QED) is 0.830. The Kier molecular flexibility index (Phi) is 4.55. The van der Waals surface area contributed by atoms with E-state index in [0.717, 1.165) is 19.3 Å². The Labute approximate surface area is 106 Å². The number of hydroxylamine groups is 1. The number of hydrogen-bond donors (Lipinski definition) is 1. The Morgan fingerprint density at radius 2 is 2.11 bits per heavy atom. The van der Waals surface area contributed by atoms with Crippen LogP contribution in [0.2, 0.25) is 0 Å². The third-order valence-corrected chi connectivity index (χ3v) is 2.77. The maximum Gasteiger partial charge on any atom is 0.274 e. The second-order valence-corrected chi connectivity index (χ2v) is 4.07. The highest BCUT2D eigenvalue weighted by molar-refractivity contribution is 5.93. The summed E-state index contributed by atoms with van der Waals surface area (Å²) in [4.78, 5) is 17.0. The molecular weight excluding hydrogens is 234 g/mol. The molecule has 2 rings (SSSR count). The molecule has 5 heteroatoms. The van der Waals surface area contributed by atoms with Crippen molar-refractivity contribution in [3.05, 3.63) is 29.8 Å². The van der Waals surface area contributed by atoms with Crippen molar-refractivity contribution >= 4 is 5.91 Å². The average molecular weight is 251 g/mol. The molecule has 0 spiro atoms. The Bertz CT molecular complexity index is 384. The predicted molar refractivity (Wildman–Crippen MR) is 65.1 cm³/mol. The topological polar surface area (TPSA) is 56.8 Å². The maximum absolute atomic E-state index is 11.8. The average Bonchev–Trinajstić information content (AvgIpc) is 2.46. The normalized spacial score (nSPS) is 19.3. The minimum Gasteiger partial charge on any atom is -0.497 e. The van der Waals surface area contributed by atoms with Crippen molar-refractivity contribution in [2.45, 2.75) is 25.6 Å². The third kappa shape index (κ3) is 3.45. The van der Waals surface area contributed by atoms with Gasteiger partial charge in [0.05, 0.1) is 7.11 Å². The number of amides is 1. The van der Waals surface area contributed by atoms with Crippen LogP contribution >= 0.6 is 0 Å². The highest BCUT2D eigenvalue weighted by Gasteiger charge is 2.16. The molecule has 1 fully saturated rings. The Hall–Kier alpha value is -1.59. The van der Waals surface area contributed by atoms with Crippen LogP contribution in [0.5, 0.6) is 5.75 Å². The molecule has 18 heavy (non-hydrogen) atoms. The number of ether oxygens (including phenoxy) is 2. The lowest BCUT2D eigenvalue weighted by molar-refractivity contribution is -0.186. The van der Waals surface area contributed by atoms with E-state index in [2.05, 4.69) is 5.48 Å². The van der Waals surface area contributed by atoms with Crippen LogP contribution < -0.4 is 10.2 Å². The summed E-state index contributed by atoms with van der Waals surface area (Å²) >= 11 is 0. The van der Waals surface area contributed by atoms with E-state index in [9.17, 15) is 4.79 Å². The van der Waals surface area contributed by atoms with E-state index < -0.39 is 0 Å². The fourth-order valence-electron chi connectivity index (χ4n) is 1.72. The number of rotatable bonds is 4. The molecule has 98 valence electrons. The number of carbonyl (C=O) groups excluding carboxylic acids is 1. The summed E-state index contributed by atoms with van der Waals surface area (Å²) < 4.78 is 10.4. The van der Waals surface area contributed by atoms with Gasteiger partial charge in [0.25, 0.3) is 5.91 Å². The molecule has 1 aromatic rings. The van der Waals surface area contributed by atoms with Crippen LogP contribution in [-0.2, 0) is 9.57 Å². The lowest BCUT2D eigenvalue weighted by Crippen LogP contribution is -2.33. The summed E-state index contributed by atoms with van der Waals surface area (Å²) in [5.74, 6) is 0.426. The van der Waals surface area contributed by atoms with Crippen LogP contribution in [0.1, 0.15) is 29.6 Å². The molecule has 1 aromatic carbocycles. The van der Waals surface area contributed by atoms with Gasteiger partial charge in [0.2, 0.25) is 0 Å². The van der Waals surface area contributed by atoms with Crippen LogP contribution in [-0.4, -0.2) is 25.9 Å². The molecular formula is C13H17NO4. The molecule has 1 N–H and O–H groups in total. The van der Waals surface area contributed by atoms with E-state index in [4.69, 9.17) is 14.3 Å². The van der Waals surface area contributed by atoms with Gasteiger partial charge < -0.3 is 9.47 Å². The van der Waals surface area contributed by atoms with Crippen LogP contribution in [0.3, 0.4) is 0 Å². The first kappa shape index (κ1) is 12.9. The van der Waals surface area contributed by atoms with Gasteiger partial charge in [-0.15, -0.1) is 0 Å². The standard InChI is InChI=1S/C13H17NO4/c1-16-11-7-5-10(6-8-11)13(15)14-18-12-4-2-3-9-17-12/h5-8,12H,2-4,9H2,1H3,(H,14,15)/t12-/m1/s1. The molecule has 1 saturated heterocycles. The minimum absolute atomic E-state index is 0.285. The van der Waals surface area contributed by atoms with E-state index in [-0.39, 0.29) is 12.2 Å². The first-order valence-electron chi connectivity index (χ1n) is 6.01. The summed E-state index contributed by atoms with van der Waals surface area (Å²) in [6.45, 7) is 0.684. The van der Waals surface area contributed by atoms with Gasteiger partial charge in [-0.05, 0) is 37.1 Å². The molecule has 5 nitrogen and oxygen atoms in total. The van der Waals surface area contributed by atoms with E-state index in [1.54, 1.807) is 31.4 Å². The van der Waals surface area contributed by atoms with Gasteiger partial charge in [0.1, 0.15) is 5.75 Å². The lowest BCUT2D eigenvalue weighted by Gasteiger charge is -2.22. The molecule has 0 aliphatic carbocycles. The number of hydrogen-bond acceptors (Lipinski definition) is 4. The molecule has 1 aliphatic rings. The molecule has 0 saturated carbocycles. The summed E-state index contributed by atoms with van der Waals surface area (Å²) in [7, 11) is 1.58. The summed E-state index contributed by atoms with van der Waals surface area (Å²) in [6.07, 6.45) is 2.58. The van der Waals surface area contributed by atoms with Crippen molar-refractivity contribution in [2.75, 3.05) is 13.7 Å². The Morgan fingerprint density at radius 3 is 2.72 bits per heavy atom. The van der Waals surface area contributed by atoms with Gasteiger partial charge >= 0.3 is 0 Å². The molecule has 0 aromatic heterocycles. The summed E-state index contributed by atoms with van der Waals surface area (Å²) in [5, 5.41) is 0. The third-order valence-electron chi connectivity index (χ3n) is 2.77. The van der Waals surface area contributed by atoms with Gasteiger partial charge in [0.15, 0.2) is 6.29 Å². The molecule has 1 atom stereocenters. The molecule has 1 aliphatic heterocycles. The van der Waals surface area contributed by atoms with Crippen LogP contribution in [0.4, 0.5) is 0 Å². The zero-order chi connectivity index (χ0) is 12.8. The van der Waals surface area contributed by atoms with E-state index in [1.165, 1.54) is 0 Å². The van der Waals surface area contributed by atoms with Crippen molar-refractivity contribution in [3.63, 3.8) is 0 Å². The molecule has 1 heterocycles. The molecule has 0 bridgehead atoms. The second kappa shape index (κ2) is 6.37. The Morgan fingerprint density at radius 1 is 1.33 bits per heavy atom. The van der Waals surface area contributed by atoms with E-state index in [0.29, 0.717) is 17.9 Å². The summed E-state index contributed by atoms with van der Waals surface area (Å²) in [6, 6.07) is 6.82. The van der Waals surface area contributed by atoms with Gasteiger partial charge in [-0.1, -0.05) is 0 Å². The molecule has 0 unspecified atom stereocenters. The monoisotopic (exact) mass is 251 g/mol. The van der Waals surface area contributed by atoms with Crippen molar-refractivity contribution in [1.29, 1.82) is 0 Å². The Balaban J connectivity index is 1.82. The van der Waals surface area contributed by atoms with Crippen LogP contribution in [0.25, 0.3) is 0 Å². The van der Waals surface area contributed by atoms with Crippen molar-refractivity contribution in [1.82, 2.24) is 5.48 Å². The maximum atomic E-state index is 11.8. The van der Waals surface area contributed by atoms with Gasteiger partial charge in [0, 0.05) is 18.6 Å². The largest absolute Gasteiger partial charge is 0.497 e. The SMILES string of the molecule is COc1ccc(C(=O)NO[C@@H]2CCCCO2)cc1. The van der Waals surface area contributed by atoms with E-state index in [1.807, 2.05) is 0 Å². The zero-order valence-electron chi connectivity index (χ0n) is 10.3. The first-order valence-corrected chi connectivity index (χ1v) is 6.01. The fourth-order valence-corrected chi connectivity index (χ4v) is 1.72. The van der Waals surface area contributed by atoms with E-state index >= 15 is 0 Å². The number of nitrogens with one attached hydrogen (secondary N) is 1. The van der Waals surface area contributed by atoms with Crippen LogP contribution in [0.15, 0.2) is 24.3 Å². The zero-order valence-corrected chi connectivity index (χ0v) is 10.3. The highest BCUT2D eigenvalue weighted by Crippen LogP contribution is 2.14. The second-order valence-electron chi connectivity index (χ2n) is 4.07. The van der Waals surface area contributed by atoms with Gasteiger partial charge in [-0.2, -0.15) is 0 Å². The number of methoxy groups -OCH3 is 1. The van der Waals surface area contributed by atoms with Crippen molar-refractivity contribution in [3.8, 4) is 5.75 Å². The fraction of sp³-hybridized carbons (Fsp3) is 0.462. The van der Waals surface area contributed by atoms with Crippen molar-refractivity contribution in [2.24, 2.45) is 0 Å². The van der Waals surface area contributed by atoms with Gasteiger partial charge in [-0.3, -0.25) is 4.79 Å². The molecule has 1 amide bonds. The van der Waals surface area contributed by atoms with Crippen molar-refractivity contribution < 1.29 is 19.1 Å². The molecule has 0 radical (unpaired) electrons. The van der Waals surface area contributed by atoms with Gasteiger partial charge in [-0.25, -0.2) is 10.3 Å². The minimum atomic E-state index is -0.332. The predicted octanol–water partition coefficient (Wildman–Crippen LogP) is 1.88.